The third-order valence-corrected chi connectivity index (χ3v) is 4.43. The molecule has 0 aliphatic heterocycles. The molecule has 2 aromatic heterocycles. The Kier molecular flexibility index (Phi) is 4.48. The van der Waals surface area contributed by atoms with E-state index >= 15 is 0 Å². The number of aromatic nitrogens is 4. The molecule has 0 aliphatic carbocycles. The van der Waals surface area contributed by atoms with Crippen LogP contribution in [0.2, 0.25) is 0 Å². The third-order valence-electron chi connectivity index (χ3n) is 4.43. The van der Waals surface area contributed by atoms with Gasteiger partial charge in [-0.15, -0.1) is 0 Å². The first kappa shape index (κ1) is 15.7. The number of nitrogens with one attached hydrogen (secondary N) is 1. The Morgan fingerprint density at radius 1 is 1.26 bits per heavy atom. The number of hydrogen-bond acceptors (Lipinski definition) is 3. The van der Waals surface area contributed by atoms with Gasteiger partial charge in [0, 0.05) is 44.0 Å². The van der Waals surface area contributed by atoms with Gasteiger partial charge in [-0.05, 0) is 39.3 Å². The lowest BCUT2D eigenvalue weighted by molar-refractivity contribution is 0.468. The van der Waals surface area contributed by atoms with Crippen molar-refractivity contribution < 1.29 is 0 Å². The zero-order chi connectivity index (χ0) is 16.4. The summed E-state index contributed by atoms with van der Waals surface area (Å²) in [5.41, 5.74) is 3.58. The molecule has 122 valence electrons. The summed E-state index contributed by atoms with van der Waals surface area (Å²) in [7, 11) is 2.01. The molecule has 1 aromatic carbocycles. The van der Waals surface area contributed by atoms with E-state index < -0.39 is 0 Å². The fraction of sp³-hybridized carbons (Fsp3) is 0.444. The Morgan fingerprint density at radius 2 is 2.09 bits per heavy atom. The van der Waals surface area contributed by atoms with Gasteiger partial charge in [-0.2, -0.15) is 5.10 Å². The van der Waals surface area contributed by atoms with Gasteiger partial charge in [0.05, 0.1) is 11.2 Å². The van der Waals surface area contributed by atoms with Gasteiger partial charge in [-0.1, -0.05) is 11.6 Å². The number of nitrogens with zero attached hydrogens (tertiary/aromatic N) is 4. The molecular weight excluding hydrogens is 286 g/mol. The third kappa shape index (κ3) is 3.45. The predicted octanol–water partition coefficient (Wildman–Crippen LogP) is 2.96. The molecule has 0 amide bonds. The van der Waals surface area contributed by atoms with Crippen LogP contribution in [0.25, 0.3) is 10.9 Å². The molecular formula is C18H25N5. The van der Waals surface area contributed by atoms with Gasteiger partial charge in [0.15, 0.2) is 0 Å². The molecule has 0 fully saturated rings. The van der Waals surface area contributed by atoms with Crippen LogP contribution in [0.3, 0.4) is 0 Å². The van der Waals surface area contributed by atoms with Crippen molar-refractivity contribution in [3.63, 3.8) is 0 Å². The topological polar surface area (TPSA) is 47.7 Å². The minimum Gasteiger partial charge on any atom is -0.335 e. The Morgan fingerprint density at radius 3 is 2.83 bits per heavy atom. The van der Waals surface area contributed by atoms with E-state index in [2.05, 4.69) is 52.0 Å². The summed E-state index contributed by atoms with van der Waals surface area (Å²) in [5.74, 6) is 1.07. The molecule has 0 radical (unpaired) electrons. The van der Waals surface area contributed by atoms with Crippen molar-refractivity contribution in [2.24, 2.45) is 7.05 Å². The largest absolute Gasteiger partial charge is 0.335 e. The van der Waals surface area contributed by atoms with Gasteiger partial charge in [-0.25, -0.2) is 4.98 Å². The highest BCUT2D eigenvalue weighted by atomic mass is 15.3. The fourth-order valence-electron chi connectivity index (χ4n) is 2.93. The van der Waals surface area contributed by atoms with Crippen LogP contribution in [-0.2, 0) is 20.1 Å². The standard InChI is InChI=1S/C18H25N5/c1-13-5-6-18-16(11-13)17(21-22(18)4)12-20-14(2)7-9-23-10-8-19-15(23)3/h5-6,8,10-11,14,20H,7,9,12H2,1-4H3. The van der Waals surface area contributed by atoms with Crippen LogP contribution in [0.15, 0.2) is 30.6 Å². The monoisotopic (exact) mass is 311 g/mol. The molecule has 0 bridgehead atoms. The Balaban J connectivity index is 1.62. The summed E-state index contributed by atoms with van der Waals surface area (Å²) in [6, 6.07) is 6.93. The molecule has 1 N–H and O–H groups in total. The van der Waals surface area contributed by atoms with Crippen molar-refractivity contribution in [3.05, 3.63) is 47.7 Å². The minimum absolute atomic E-state index is 0.429. The van der Waals surface area contributed by atoms with Gasteiger partial charge in [-0.3, -0.25) is 4.68 Å². The second-order valence-electron chi connectivity index (χ2n) is 6.33. The van der Waals surface area contributed by atoms with Crippen LogP contribution in [0.1, 0.15) is 30.4 Å². The average molecular weight is 311 g/mol. The normalized spacial score (nSPS) is 12.9. The molecule has 1 unspecified atom stereocenters. The van der Waals surface area contributed by atoms with Crippen molar-refractivity contribution >= 4 is 10.9 Å². The molecule has 23 heavy (non-hydrogen) atoms. The van der Waals surface area contributed by atoms with Crippen LogP contribution in [0, 0.1) is 13.8 Å². The summed E-state index contributed by atoms with van der Waals surface area (Å²) in [5, 5.41) is 9.51. The van der Waals surface area contributed by atoms with Gasteiger partial charge >= 0.3 is 0 Å². The summed E-state index contributed by atoms with van der Waals surface area (Å²) in [6.45, 7) is 8.18. The Bertz CT molecular complexity index is 799. The maximum Gasteiger partial charge on any atom is 0.105 e. The van der Waals surface area contributed by atoms with Crippen LogP contribution in [0.4, 0.5) is 0 Å². The first-order chi connectivity index (χ1) is 11.0. The molecule has 5 nitrogen and oxygen atoms in total. The van der Waals surface area contributed by atoms with E-state index in [4.69, 9.17) is 0 Å². The van der Waals surface area contributed by atoms with Crippen LogP contribution >= 0.6 is 0 Å². The van der Waals surface area contributed by atoms with E-state index in [0.717, 1.165) is 31.0 Å². The first-order valence-electron chi connectivity index (χ1n) is 8.18. The molecule has 0 aliphatic rings. The van der Waals surface area contributed by atoms with Crippen molar-refractivity contribution in [3.8, 4) is 0 Å². The smallest absolute Gasteiger partial charge is 0.105 e. The number of aryl methyl sites for hydroxylation is 4. The number of benzene rings is 1. The maximum atomic E-state index is 4.67. The lowest BCUT2D eigenvalue weighted by atomic mass is 10.1. The van der Waals surface area contributed by atoms with E-state index in [9.17, 15) is 0 Å². The lowest BCUT2D eigenvalue weighted by Gasteiger charge is -2.14. The highest BCUT2D eigenvalue weighted by molar-refractivity contribution is 5.82. The zero-order valence-corrected chi connectivity index (χ0v) is 14.4. The molecule has 3 aromatic rings. The summed E-state index contributed by atoms with van der Waals surface area (Å²) >= 11 is 0. The lowest BCUT2D eigenvalue weighted by Crippen LogP contribution is -2.27. The summed E-state index contributed by atoms with van der Waals surface area (Å²) < 4.78 is 4.16. The van der Waals surface area contributed by atoms with E-state index in [-0.39, 0.29) is 0 Å². The van der Waals surface area contributed by atoms with Gasteiger partial charge in [0.2, 0.25) is 0 Å². The van der Waals surface area contributed by atoms with E-state index in [1.807, 2.05) is 31.0 Å². The van der Waals surface area contributed by atoms with E-state index in [1.54, 1.807) is 0 Å². The number of rotatable bonds is 6. The molecule has 0 spiro atoms. The van der Waals surface area contributed by atoms with E-state index in [1.165, 1.54) is 16.5 Å². The number of imidazole rings is 1. The molecule has 2 heterocycles. The highest BCUT2D eigenvalue weighted by Crippen LogP contribution is 2.19. The SMILES string of the molecule is Cc1ccc2c(c1)c(CNC(C)CCn1ccnc1C)nn2C. The second kappa shape index (κ2) is 6.54. The van der Waals surface area contributed by atoms with Gasteiger partial charge in [0.25, 0.3) is 0 Å². The second-order valence-corrected chi connectivity index (χ2v) is 6.33. The van der Waals surface area contributed by atoms with Crippen molar-refractivity contribution in [2.45, 2.75) is 46.3 Å². The molecule has 0 saturated carbocycles. The fourth-order valence-corrected chi connectivity index (χ4v) is 2.93. The zero-order valence-electron chi connectivity index (χ0n) is 14.4. The van der Waals surface area contributed by atoms with Crippen molar-refractivity contribution in [1.82, 2.24) is 24.6 Å². The minimum atomic E-state index is 0.429. The average Bonchev–Trinajstić information content (AvgIpc) is 3.06. The quantitative estimate of drug-likeness (QED) is 0.761. The number of hydrogen-bond donors (Lipinski definition) is 1. The van der Waals surface area contributed by atoms with Crippen LogP contribution in [-0.4, -0.2) is 25.4 Å². The molecule has 3 rings (SSSR count). The van der Waals surface area contributed by atoms with Crippen LogP contribution in [0.5, 0.6) is 0 Å². The Labute approximate surface area is 137 Å². The van der Waals surface area contributed by atoms with Crippen LogP contribution < -0.4 is 5.32 Å². The molecule has 0 saturated heterocycles. The number of fused-ring (bicyclic) bond motifs is 1. The van der Waals surface area contributed by atoms with E-state index in [0.29, 0.717) is 6.04 Å². The van der Waals surface area contributed by atoms with Crippen molar-refractivity contribution in [1.29, 1.82) is 0 Å². The van der Waals surface area contributed by atoms with Gasteiger partial charge in [0.1, 0.15) is 5.82 Å². The highest BCUT2D eigenvalue weighted by Gasteiger charge is 2.10. The molecule has 1 atom stereocenters. The van der Waals surface area contributed by atoms with Crippen molar-refractivity contribution in [2.75, 3.05) is 0 Å². The summed E-state index contributed by atoms with van der Waals surface area (Å²) in [6.07, 6.45) is 4.97. The maximum absolute atomic E-state index is 4.67. The first-order valence-corrected chi connectivity index (χ1v) is 8.18. The predicted molar refractivity (Wildman–Crippen MR) is 93.3 cm³/mol. The summed E-state index contributed by atoms with van der Waals surface area (Å²) in [4.78, 5) is 4.26. The molecule has 5 heteroatoms. The van der Waals surface area contributed by atoms with Gasteiger partial charge < -0.3 is 9.88 Å². The Hall–Kier alpha value is -2.14.